The summed E-state index contributed by atoms with van der Waals surface area (Å²) < 4.78 is 5.27. The smallest absolute Gasteiger partial charge is 0.119 e. The van der Waals surface area contributed by atoms with Crippen molar-refractivity contribution in [1.82, 2.24) is 5.32 Å². The first-order valence-electron chi connectivity index (χ1n) is 7.99. The molecule has 0 aliphatic heterocycles. The summed E-state index contributed by atoms with van der Waals surface area (Å²) in [5, 5.41) is 3.69. The van der Waals surface area contributed by atoms with Crippen LogP contribution in [0.15, 0.2) is 42.5 Å². The molecule has 0 fully saturated rings. The normalized spacial score (nSPS) is 15.6. The molecule has 24 heavy (non-hydrogen) atoms. The van der Waals surface area contributed by atoms with Crippen LogP contribution in [-0.4, -0.2) is 19.7 Å². The minimum absolute atomic E-state index is 0. The number of nitrogens with one attached hydrogen (secondary N) is 1. The topological polar surface area (TPSA) is 47.3 Å². The number of hydrogen-bond acceptors (Lipinski definition) is 3. The molecule has 0 saturated heterocycles. The van der Waals surface area contributed by atoms with Gasteiger partial charge in [-0.1, -0.05) is 24.3 Å². The van der Waals surface area contributed by atoms with E-state index in [2.05, 4.69) is 29.6 Å². The molecule has 1 atom stereocenters. The van der Waals surface area contributed by atoms with Crippen molar-refractivity contribution in [2.45, 2.75) is 31.7 Å². The fourth-order valence-corrected chi connectivity index (χ4v) is 3.26. The average Bonchev–Trinajstić information content (AvgIpc) is 2.55. The second kappa shape index (κ2) is 9.77. The van der Waals surface area contributed by atoms with Crippen LogP contribution < -0.4 is 15.8 Å². The zero-order valence-corrected chi connectivity index (χ0v) is 15.6. The second-order valence-corrected chi connectivity index (χ2v) is 5.98. The molecule has 3 rings (SSSR count). The number of ether oxygens (including phenoxy) is 1. The first kappa shape index (κ1) is 20.6. The van der Waals surface area contributed by atoms with Crippen molar-refractivity contribution in [2.24, 2.45) is 0 Å². The van der Waals surface area contributed by atoms with Crippen LogP contribution >= 0.6 is 24.8 Å². The monoisotopic (exact) mass is 368 g/mol. The maximum Gasteiger partial charge on any atom is 0.119 e. The van der Waals surface area contributed by atoms with Gasteiger partial charge >= 0.3 is 0 Å². The van der Waals surface area contributed by atoms with E-state index in [-0.39, 0.29) is 24.8 Å². The van der Waals surface area contributed by atoms with Gasteiger partial charge in [0.15, 0.2) is 0 Å². The Bertz CT molecular complexity index is 649. The Morgan fingerprint density at radius 2 is 1.96 bits per heavy atom. The van der Waals surface area contributed by atoms with Crippen molar-refractivity contribution in [3.05, 3.63) is 59.2 Å². The van der Waals surface area contributed by atoms with Crippen LogP contribution in [0.1, 0.15) is 23.1 Å². The molecule has 0 saturated carbocycles. The van der Waals surface area contributed by atoms with E-state index in [1.807, 2.05) is 18.2 Å². The third-order valence-electron chi connectivity index (χ3n) is 4.50. The van der Waals surface area contributed by atoms with Crippen LogP contribution in [0.2, 0.25) is 0 Å². The van der Waals surface area contributed by atoms with E-state index in [0.717, 1.165) is 37.2 Å². The van der Waals surface area contributed by atoms with Gasteiger partial charge in [-0.15, -0.1) is 24.8 Å². The Morgan fingerprint density at radius 1 is 1.17 bits per heavy atom. The highest BCUT2D eigenvalue weighted by molar-refractivity contribution is 5.85. The Balaban J connectivity index is 0.00000144. The summed E-state index contributed by atoms with van der Waals surface area (Å²) in [6, 6.07) is 15.1. The summed E-state index contributed by atoms with van der Waals surface area (Å²) in [7, 11) is 1.71. The lowest BCUT2D eigenvalue weighted by Crippen LogP contribution is -2.36. The van der Waals surface area contributed by atoms with E-state index in [0.29, 0.717) is 6.04 Å². The quantitative estimate of drug-likeness (QED) is 0.788. The maximum atomic E-state index is 6.06. The molecule has 0 aromatic heterocycles. The van der Waals surface area contributed by atoms with Crippen LogP contribution in [0.4, 0.5) is 5.69 Å². The van der Waals surface area contributed by atoms with Crippen molar-refractivity contribution in [1.29, 1.82) is 0 Å². The summed E-state index contributed by atoms with van der Waals surface area (Å²) >= 11 is 0. The molecule has 3 N–H and O–H groups in total. The van der Waals surface area contributed by atoms with Crippen LogP contribution in [-0.2, 0) is 19.3 Å². The van der Waals surface area contributed by atoms with Crippen LogP contribution in [0.3, 0.4) is 0 Å². The summed E-state index contributed by atoms with van der Waals surface area (Å²) in [5.41, 5.74) is 11.1. The van der Waals surface area contributed by atoms with Crippen LogP contribution in [0, 0.1) is 0 Å². The summed E-state index contributed by atoms with van der Waals surface area (Å²) in [6.45, 7) is 0.996. The summed E-state index contributed by atoms with van der Waals surface area (Å²) in [6.07, 6.45) is 4.36. The first-order valence-corrected chi connectivity index (χ1v) is 7.99. The fraction of sp³-hybridized carbons (Fsp3) is 0.368. The number of fused-ring (bicyclic) bond motifs is 1. The van der Waals surface area contributed by atoms with E-state index in [4.69, 9.17) is 10.5 Å². The molecule has 132 valence electrons. The van der Waals surface area contributed by atoms with Crippen molar-refractivity contribution in [3.8, 4) is 5.75 Å². The van der Waals surface area contributed by atoms with E-state index in [1.54, 1.807) is 7.11 Å². The van der Waals surface area contributed by atoms with Crippen molar-refractivity contribution in [2.75, 3.05) is 19.4 Å². The number of halogens is 2. The SMILES string of the molecule is COc1cccc(CCNC2CCc3c(N)cccc3C2)c1.Cl.Cl. The highest BCUT2D eigenvalue weighted by Gasteiger charge is 2.19. The Labute approximate surface area is 156 Å². The van der Waals surface area contributed by atoms with Gasteiger partial charge in [0.25, 0.3) is 0 Å². The lowest BCUT2D eigenvalue weighted by molar-refractivity contribution is 0.414. The third-order valence-corrected chi connectivity index (χ3v) is 4.50. The molecule has 0 radical (unpaired) electrons. The lowest BCUT2D eigenvalue weighted by atomic mass is 9.87. The largest absolute Gasteiger partial charge is 0.497 e. The molecular weight excluding hydrogens is 343 g/mol. The van der Waals surface area contributed by atoms with Gasteiger partial charge in [0.1, 0.15) is 5.75 Å². The minimum atomic E-state index is 0. The number of nitrogen functional groups attached to an aromatic ring is 1. The average molecular weight is 369 g/mol. The Morgan fingerprint density at radius 3 is 2.75 bits per heavy atom. The fourth-order valence-electron chi connectivity index (χ4n) is 3.26. The molecule has 2 aromatic carbocycles. The highest BCUT2D eigenvalue weighted by atomic mass is 35.5. The van der Waals surface area contributed by atoms with E-state index < -0.39 is 0 Å². The lowest BCUT2D eigenvalue weighted by Gasteiger charge is -2.26. The van der Waals surface area contributed by atoms with Crippen molar-refractivity contribution < 1.29 is 4.74 Å². The van der Waals surface area contributed by atoms with Crippen LogP contribution in [0.5, 0.6) is 5.75 Å². The number of anilines is 1. The predicted molar refractivity (Wildman–Crippen MR) is 106 cm³/mol. The molecule has 1 aliphatic carbocycles. The molecule has 1 aliphatic rings. The zero-order chi connectivity index (χ0) is 15.4. The van der Waals surface area contributed by atoms with E-state index in [1.165, 1.54) is 23.1 Å². The molecule has 3 nitrogen and oxygen atoms in total. The van der Waals surface area contributed by atoms with Gasteiger partial charge < -0.3 is 15.8 Å². The van der Waals surface area contributed by atoms with Crippen LogP contribution in [0.25, 0.3) is 0 Å². The van der Waals surface area contributed by atoms with Crippen molar-refractivity contribution in [3.63, 3.8) is 0 Å². The molecule has 2 aromatic rings. The molecular formula is C19H26Cl2N2O. The second-order valence-electron chi connectivity index (χ2n) is 5.98. The molecule has 1 unspecified atom stereocenters. The number of hydrogen-bond donors (Lipinski definition) is 2. The highest BCUT2D eigenvalue weighted by Crippen LogP contribution is 2.26. The van der Waals surface area contributed by atoms with Gasteiger partial charge in [-0.2, -0.15) is 0 Å². The maximum absolute atomic E-state index is 6.06. The van der Waals surface area contributed by atoms with Gasteiger partial charge in [0.05, 0.1) is 7.11 Å². The molecule has 0 bridgehead atoms. The number of benzene rings is 2. The third kappa shape index (κ3) is 5.04. The van der Waals surface area contributed by atoms with E-state index >= 15 is 0 Å². The van der Waals surface area contributed by atoms with E-state index in [9.17, 15) is 0 Å². The van der Waals surface area contributed by atoms with Crippen molar-refractivity contribution >= 4 is 30.5 Å². The molecule has 0 amide bonds. The Hall–Kier alpha value is -1.42. The zero-order valence-electron chi connectivity index (χ0n) is 14.0. The van der Waals surface area contributed by atoms with Gasteiger partial charge in [0.2, 0.25) is 0 Å². The summed E-state index contributed by atoms with van der Waals surface area (Å²) in [4.78, 5) is 0. The Kier molecular flexibility index (Phi) is 8.40. The van der Waals surface area contributed by atoms with Gasteiger partial charge in [0, 0.05) is 11.7 Å². The number of nitrogens with two attached hydrogens (primary N) is 1. The van der Waals surface area contributed by atoms with Gasteiger partial charge in [-0.05, 0) is 67.1 Å². The number of rotatable bonds is 5. The molecule has 5 heteroatoms. The number of methoxy groups -OCH3 is 1. The summed E-state index contributed by atoms with van der Waals surface area (Å²) in [5.74, 6) is 0.930. The van der Waals surface area contributed by atoms with Gasteiger partial charge in [-0.25, -0.2) is 0 Å². The van der Waals surface area contributed by atoms with Gasteiger partial charge in [-0.3, -0.25) is 0 Å². The standard InChI is InChI=1S/C19H24N2O.2ClH/c1-22-17-6-2-4-14(12-17)10-11-21-16-8-9-18-15(13-16)5-3-7-19(18)20;;/h2-7,12,16,21H,8-11,13,20H2,1H3;2*1H. The first-order chi connectivity index (χ1) is 10.8. The predicted octanol–water partition coefficient (Wildman–Crippen LogP) is 3.81. The molecule has 0 spiro atoms. The molecule has 0 heterocycles. The minimum Gasteiger partial charge on any atom is -0.497 e.